The van der Waals surface area contributed by atoms with Crippen LogP contribution < -0.4 is 0 Å². The van der Waals surface area contributed by atoms with E-state index in [0.29, 0.717) is 11.2 Å². The molecule has 1 aromatic heterocycles. The van der Waals surface area contributed by atoms with Crippen LogP contribution in [0.3, 0.4) is 0 Å². The van der Waals surface area contributed by atoms with Gasteiger partial charge in [0, 0.05) is 27.0 Å². The minimum absolute atomic E-state index is 0.638. The lowest BCUT2D eigenvalue weighted by atomic mass is 10.2. The lowest BCUT2D eigenvalue weighted by Gasteiger charge is -2.15. The zero-order valence-electron chi connectivity index (χ0n) is 8.12. The average molecular weight is 260 g/mol. The summed E-state index contributed by atoms with van der Waals surface area (Å²) in [5.74, 6) is 0.699. The highest BCUT2D eigenvalue weighted by Crippen LogP contribution is 2.32. The predicted octanol–water partition coefficient (Wildman–Crippen LogP) is 3.98. The first kappa shape index (κ1) is 11.1. The monoisotopic (exact) mass is 259 g/mol. The van der Waals surface area contributed by atoms with Crippen LogP contribution in [0.5, 0.6) is 0 Å². The minimum atomic E-state index is 0.638. The highest BCUT2D eigenvalue weighted by molar-refractivity contribution is 9.10. The molecule has 1 rings (SSSR count). The summed E-state index contributed by atoms with van der Waals surface area (Å²) in [5.41, 5.74) is 0. The standard InChI is InChI=1S/C10H14BrNS/c1-7(2)8(3)13-10-4-5-12-6-9(10)11/h4-8H,1-3H3. The van der Waals surface area contributed by atoms with Gasteiger partial charge in [-0.1, -0.05) is 20.8 Å². The van der Waals surface area contributed by atoms with Crippen molar-refractivity contribution in [2.75, 3.05) is 0 Å². The summed E-state index contributed by atoms with van der Waals surface area (Å²) in [6.45, 7) is 6.74. The lowest BCUT2D eigenvalue weighted by Crippen LogP contribution is -2.05. The summed E-state index contributed by atoms with van der Waals surface area (Å²) in [6, 6.07) is 2.05. The molecule has 0 bridgehead atoms. The van der Waals surface area contributed by atoms with Gasteiger partial charge in [0.05, 0.1) is 0 Å². The van der Waals surface area contributed by atoms with Gasteiger partial charge in [-0.2, -0.15) is 0 Å². The second-order valence-electron chi connectivity index (χ2n) is 3.37. The van der Waals surface area contributed by atoms with E-state index >= 15 is 0 Å². The SMILES string of the molecule is CC(C)C(C)Sc1ccncc1Br. The summed E-state index contributed by atoms with van der Waals surface area (Å²) in [7, 11) is 0. The fourth-order valence-electron chi connectivity index (χ4n) is 0.794. The zero-order valence-corrected chi connectivity index (χ0v) is 10.5. The molecule has 0 spiro atoms. The summed E-state index contributed by atoms with van der Waals surface area (Å²) in [5, 5.41) is 0.638. The van der Waals surface area contributed by atoms with Crippen molar-refractivity contribution in [3.05, 3.63) is 22.9 Å². The quantitative estimate of drug-likeness (QED) is 0.762. The maximum atomic E-state index is 4.04. The highest BCUT2D eigenvalue weighted by atomic mass is 79.9. The Bertz CT molecular complexity index is 275. The first-order chi connectivity index (χ1) is 6.11. The van der Waals surface area contributed by atoms with Crippen LogP contribution in [0.25, 0.3) is 0 Å². The van der Waals surface area contributed by atoms with E-state index in [-0.39, 0.29) is 0 Å². The first-order valence-electron chi connectivity index (χ1n) is 4.37. The Hall–Kier alpha value is -0.0200. The summed E-state index contributed by atoms with van der Waals surface area (Å²) in [4.78, 5) is 5.31. The van der Waals surface area contributed by atoms with Gasteiger partial charge in [-0.05, 0) is 27.9 Å². The molecule has 0 aliphatic carbocycles. The van der Waals surface area contributed by atoms with Gasteiger partial charge in [0.25, 0.3) is 0 Å². The van der Waals surface area contributed by atoms with Gasteiger partial charge >= 0.3 is 0 Å². The third kappa shape index (κ3) is 3.31. The molecular formula is C10H14BrNS. The Morgan fingerprint density at radius 3 is 2.62 bits per heavy atom. The summed E-state index contributed by atoms with van der Waals surface area (Å²) >= 11 is 5.38. The van der Waals surface area contributed by atoms with Crippen LogP contribution in [0.4, 0.5) is 0 Å². The second-order valence-corrected chi connectivity index (χ2v) is 5.65. The van der Waals surface area contributed by atoms with Crippen LogP contribution in [-0.4, -0.2) is 10.2 Å². The van der Waals surface area contributed by atoms with Crippen LogP contribution in [0.1, 0.15) is 20.8 Å². The number of halogens is 1. The summed E-state index contributed by atoms with van der Waals surface area (Å²) < 4.78 is 1.09. The Morgan fingerprint density at radius 1 is 1.38 bits per heavy atom. The summed E-state index contributed by atoms with van der Waals surface area (Å²) in [6.07, 6.45) is 3.68. The molecule has 1 heterocycles. The van der Waals surface area contributed by atoms with Gasteiger partial charge in [0.15, 0.2) is 0 Å². The van der Waals surface area contributed by atoms with E-state index in [2.05, 4.69) is 41.7 Å². The number of nitrogens with zero attached hydrogens (tertiary/aromatic N) is 1. The molecule has 3 heteroatoms. The van der Waals surface area contributed by atoms with E-state index in [0.717, 1.165) is 4.47 Å². The molecule has 0 amide bonds. The smallest absolute Gasteiger partial charge is 0.0494 e. The van der Waals surface area contributed by atoms with E-state index in [1.165, 1.54) is 4.90 Å². The Kier molecular flexibility index (Phi) is 4.26. The molecule has 0 saturated carbocycles. The van der Waals surface area contributed by atoms with E-state index in [9.17, 15) is 0 Å². The topological polar surface area (TPSA) is 12.9 Å². The van der Waals surface area contributed by atoms with E-state index in [1.54, 1.807) is 0 Å². The van der Waals surface area contributed by atoms with Crippen molar-refractivity contribution in [2.24, 2.45) is 5.92 Å². The number of aromatic nitrogens is 1. The Balaban J connectivity index is 2.69. The number of hydrogen-bond donors (Lipinski definition) is 0. The maximum Gasteiger partial charge on any atom is 0.0494 e. The van der Waals surface area contributed by atoms with Crippen molar-refractivity contribution in [1.82, 2.24) is 4.98 Å². The van der Waals surface area contributed by atoms with Gasteiger partial charge in [-0.15, -0.1) is 11.8 Å². The van der Waals surface area contributed by atoms with Crippen molar-refractivity contribution >= 4 is 27.7 Å². The molecule has 0 radical (unpaired) electrons. The fraction of sp³-hybridized carbons (Fsp3) is 0.500. The van der Waals surface area contributed by atoms with Crippen molar-refractivity contribution in [3.8, 4) is 0 Å². The molecule has 0 saturated heterocycles. The molecule has 0 N–H and O–H groups in total. The molecule has 1 nitrogen and oxygen atoms in total. The van der Waals surface area contributed by atoms with Gasteiger partial charge in [-0.3, -0.25) is 4.98 Å². The Morgan fingerprint density at radius 2 is 2.08 bits per heavy atom. The molecular weight excluding hydrogens is 246 g/mol. The van der Waals surface area contributed by atoms with Crippen LogP contribution in [0, 0.1) is 5.92 Å². The van der Waals surface area contributed by atoms with Crippen LogP contribution in [0.2, 0.25) is 0 Å². The molecule has 13 heavy (non-hydrogen) atoms. The molecule has 0 aliphatic rings. The molecule has 0 aliphatic heterocycles. The number of thioether (sulfide) groups is 1. The van der Waals surface area contributed by atoms with Crippen molar-refractivity contribution in [2.45, 2.75) is 30.9 Å². The van der Waals surface area contributed by atoms with Gasteiger partial charge in [-0.25, -0.2) is 0 Å². The fourth-order valence-corrected chi connectivity index (χ4v) is 2.30. The van der Waals surface area contributed by atoms with Crippen LogP contribution in [0.15, 0.2) is 27.8 Å². The van der Waals surface area contributed by atoms with Crippen LogP contribution >= 0.6 is 27.7 Å². The number of pyridine rings is 1. The number of hydrogen-bond acceptors (Lipinski definition) is 2. The third-order valence-corrected chi connectivity index (χ3v) is 4.41. The second kappa shape index (κ2) is 5.01. The molecule has 1 aromatic rings. The molecule has 72 valence electrons. The molecule has 1 atom stereocenters. The average Bonchev–Trinajstić information content (AvgIpc) is 2.08. The van der Waals surface area contributed by atoms with Crippen molar-refractivity contribution < 1.29 is 0 Å². The van der Waals surface area contributed by atoms with Gasteiger partial charge < -0.3 is 0 Å². The van der Waals surface area contributed by atoms with Crippen molar-refractivity contribution in [1.29, 1.82) is 0 Å². The molecule has 1 unspecified atom stereocenters. The van der Waals surface area contributed by atoms with Gasteiger partial charge in [0.1, 0.15) is 0 Å². The predicted molar refractivity (Wildman–Crippen MR) is 62.1 cm³/mol. The minimum Gasteiger partial charge on any atom is -0.263 e. The Labute approximate surface area is 92.5 Å². The van der Waals surface area contributed by atoms with Crippen molar-refractivity contribution in [3.63, 3.8) is 0 Å². The maximum absolute atomic E-state index is 4.04. The highest BCUT2D eigenvalue weighted by Gasteiger charge is 2.10. The largest absolute Gasteiger partial charge is 0.263 e. The van der Waals surface area contributed by atoms with E-state index in [4.69, 9.17) is 0 Å². The van der Waals surface area contributed by atoms with Gasteiger partial charge in [0.2, 0.25) is 0 Å². The third-order valence-electron chi connectivity index (χ3n) is 1.99. The number of rotatable bonds is 3. The van der Waals surface area contributed by atoms with E-state index in [1.807, 2.05) is 30.2 Å². The zero-order chi connectivity index (χ0) is 9.84. The van der Waals surface area contributed by atoms with E-state index < -0.39 is 0 Å². The first-order valence-corrected chi connectivity index (χ1v) is 6.04. The molecule has 0 fully saturated rings. The molecule has 0 aromatic carbocycles. The lowest BCUT2D eigenvalue weighted by molar-refractivity contribution is 0.642. The van der Waals surface area contributed by atoms with Crippen LogP contribution in [-0.2, 0) is 0 Å². The normalized spacial score (nSPS) is 13.3.